The van der Waals surface area contributed by atoms with Gasteiger partial charge in [-0.2, -0.15) is 10.2 Å². The molecule has 11 nitrogen and oxygen atoms in total. The highest BCUT2D eigenvalue weighted by atomic mass is 35.5. The zero-order chi connectivity index (χ0) is 28.5. The molecule has 5 heterocycles. The highest BCUT2D eigenvalue weighted by molar-refractivity contribution is 6.34. The number of rotatable bonds is 6. The van der Waals surface area contributed by atoms with Gasteiger partial charge >= 0.3 is 0 Å². The fourth-order valence-electron chi connectivity index (χ4n) is 5.57. The van der Waals surface area contributed by atoms with Crippen LogP contribution >= 0.6 is 11.6 Å². The number of nitrogen functional groups attached to an aromatic ring is 1. The molecule has 3 aliphatic rings. The molecule has 0 spiro atoms. The summed E-state index contributed by atoms with van der Waals surface area (Å²) >= 11 is 6.82. The van der Waals surface area contributed by atoms with Gasteiger partial charge < -0.3 is 26.7 Å². The SMILES string of the molecule is C=CC(=O)N1CCC[C@@H](n2nc(-c3ccc(C(=O)NC4C=CC=CN4)cc3Cl)c3c(N)ncc([C@H]4C=NNC4)c32)C1. The summed E-state index contributed by atoms with van der Waals surface area (Å²) in [6.07, 6.45) is 13.6. The van der Waals surface area contributed by atoms with Crippen LogP contribution in [0.5, 0.6) is 0 Å². The number of aromatic nitrogens is 3. The maximum Gasteiger partial charge on any atom is 0.253 e. The second kappa shape index (κ2) is 11.1. The molecule has 210 valence electrons. The van der Waals surface area contributed by atoms with Crippen LogP contribution in [0.15, 0.2) is 66.6 Å². The zero-order valence-corrected chi connectivity index (χ0v) is 23.0. The number of benzene rings is 1. The maximum absolute atomic E-state index is 12.9. The predicted octanol–water partition coefficient (Wildman–Crippen LogP) is 3.09. The van der Waals surface area contributed by atoms with E-state index in [4.69, 9.17) is 22.4 Å². The Morgan fingerprint density at radius 2 is 2.15 bits per heavy atom. The molecule has 0 radical (unpaired) electrons. The summed E-state index contributed by atoms with van der Waals surface area (Å²) in [6.45, 7) is 5.44. The van der Waals surface area contributed by atoms with Crippen LogP contribution in [0.3, 0.4) is 0 Å². The Labute approximate surface area is 241 Å². The van der Waals surface area contributed by atoms with Crippen molar-refractivity contribution < 1.29 is 9.59 Å². The molecule has 1 aromatic carbocycles. The Balaban J connectivity index is 1.43. The Morgan fingerprint density at radius 3 is 2.88 bits per heavy atom. The number of hydrogen-bond acceptors (Lipinski definition) is 8. The number of dihydropyridines is 1. The van der Waals surface area contributed by atoms with Crippen LogP contribution in [-0.2, 0) is 4.79 Å². The number of allylic oxidation sites excluding steroid dienone is 2. The van der Waals surface area contributed by atoms with Crippen molar-refractivity contribution in [1.29, 1.82) is 0 Å². The molecule has 6 rings (SSSR count). The number of amides is 2. The molecule has 0 saturated carbocycles. The topological polar surface area (TPSA) is 143 Å². The minimum atomic E-state index is -0.313. The second-order valence-corrected chi connectivity index (χ2v) is 10.6. The van der Waals surface area contributed by atoms with Gasteiger partial charge in [0.15, 0.2) is 0 Å². The minimum absolute atomic E-state index is 0.0257. The van der Waals surface area contributed by atoms with Crippen molar-refractivity contribution in [2.75, 3.05) is 25.4 Å². The zero-order valence-electron chi connectivity index (χ0n) is 22.3. The van der Waals surface area contributed by atoms with Crippen LogP contribution in [0.2, 0.25) is 5.02 Å². The summed E-state index contributed by atoms with van der Waals surface area (Å²) in [5.74, 6) is -0.0743. The first-order chi connectivity index (χ1) is 19.9. The standard InChI is InChI=1S/C29H30ClN9O2/c1-2-24(40)38-11-5-6-19(16-38)39-27-21(18-13-34-35-14-18)15-33-28(31)25(27)26(37-39)20-9-8-17(12-22(20)30)29(41)36-23-7-3-4-10-32-23/h2-4,7-10,12-13,15,18-19,23,32,35H,1,5-6,11,14,16H2,(H2,31,33)(H,36,41)/t18-,19+,23?/m0/s1. The largest absolute Gasteiger partial charge is 0.383 e. The van der Waals surface area contributed by atoms with Crippen molar-refractivity contribution in [3.8, 4) is 11.3 Å². The van der Waals surface area contributed by atoms with Crippen LogP contribution in [0, 0.1) is 0 Å². The van der Waals surface area contributed by atoms with E-state index in [2.05, 4.69) is 32.7 Å². The fraction of sp³-hybridized carbons (Fsp3) is 0.276. The van der Waals surface area contributed by atoms with E-state index in [9.17, 15) is 9.59 Å². The number of hydrogen-bond donors (Lipinski definition) is 4. The van der Waals surface area contributed by atoms with E-state index in [1.165, 1.54) is 6.08 Å². The number of fused-ring (bicyclic) bond motifs is 1. The highest BCUT2D eigenvalue weighted by Crippen LogP contribution is 2.40. The van der Waals surface area contributed by atoms with Crippen molar-refractivity contribution in [2.24, 2.45) is 5.10 Å². The van der Waals surface area contributed by atoms with Crippen LogP contribution in [-0.4, -0.2) is 63.5 Å². The van der Waals surface area contributed by atoms with E-state index in [1.807, 2.05) is 29.1 Å². The van der Waals surface area contributed by atoms with E-state index in [0.29, 0.717) is 52.7 Å². The molecule has 2 amide bonds. The number of pyridine rings is 1. The number of likely N-dealkylation sites (tertiary alicyclic amines) is 1. The van der Waals surface area contributed by atoms with Crippen LogP contribution < -0.4 is 21.8 Å². The van der Waals surface area contributed by atoms with Crippen molar-refractivity contribution in [3.63, 3.8) is 0 Å². The third-order valence-corrected chi connectivity index (χ3v) is 7.94. The normalized spacial score (nSPS) is 21.5. The molecule has 3 aromatic rings. The van der Waals surface area contributed by atoms with Crippen LogP contribution in [0.4, 0.5) is 5.82 Å². The lowest BCUT2D eigenvalue weighted by Crippen LogP contribution is -2.42. The van der Waals surface area contributed by atoms with Gasteiger partial charge in [-0.1, -0.05) is 30.3 Å². The quantitative estimate of drug-likeness (QED) is 0.333. The second-order valence-electron chi connectivity index (χ2n) is 10.2. The van der Waals surface area contributed by atoms with Gasteiger partial charge in [-0.3, -0.25) is 14.3 Å². The molecule has 5 N–H and O–H groups in total. The van der Waals surface area contributed by atoms with E-state index >= 15 is 0 Å². The van der Waals surface area contributed by atoms with Crippen molar-refractivity contribution in [3.05, 3.63) is 77.6 Å². The average molecular weight is 572 g/mol. The summed E-state index contributed by atoms with van der Waals surface area (Å²) in [4.78, 5) is 31.7. The number of anilines is 1. The molecule has 12 heteroatoms. The van der Waals surface area contributed by atoms with E-state index in [0.717, 1.165) is 23.9 Å². The number of hydrazone groups is 1. The Kier molecular flexibility index (Phi) is 7.19. The van der Waals surface area contributed by atoms with Gasteiger partial charge in [-0.15, -0.1) is 0 Å². The maximum atomic E-state index is 12.9. The molecule has 0 bridgehead atoms. The summed E-state index contributed by atoms with van der Waals surface area (Å²) < 4.78 is 1.97. The lowest BCUT2D eigenvalue weighted by Gasteiger charge is -2.32. The first-order valence-corrected chi connectivity index (χ1v) is 13.9. The van der Waals surface area contributed by atoms with Gasteiger partial charge in [0, 0.05) is 54.7 Å². The molecule has 3 aliphatic heterocycles. The number of nitrogens with zero attached hydrogens (tertiary/aromatic N) is 5. The summed E-state index contributed by atoms with van der Waals surface area (Å²) in [5.41, 5.74) is 12.9. The van der Waals surface area contributed by atoms with Gasteiger partial charge in [-0.05, 0) is 49.4 Å². The number of carbonyl (C=O) groups excluding carboxylic acids is 2. The average Bonchev–Trinajstić information content (AvgIpc) is 3.67. The van der Waals surface area contributed by atoms with Crippen molar-refractivity contribution in [2.45, 2.75) is 31.0 Å². The van der Waals surface area contributed by atoms with Gasteiger partial charge in [0.25, 0.3) is 5.91 Å². The Hall–Kier alpha value is -4.64. The van der Waals surface area contributed by atoms with Gasteiger partial charge in [-0.25, -0.2) is 4.98 Å². The van der Waals surface area contributed by atoms with Gasteiger partial charge in [0.2, 0.25) is 5.91 Å². The molecule has 3 atom stereocenters. The Bertz CT molecular complexity index is 1630. The molecular weight excluding hydrogens is 542 g/mol. The number of carbonyl (C=O) groups is 2. The minimum Gasteiger partial charge on any atom is -0.383 e. The molecule has 1 fully saturated rings. The van der Waals surface area contributed by atoms with E-state index in [1.54, 1.807) is 35.5 Å². The number of nitrogens with two attached hydrogens (primary N) is 1. The summed E-state index contributed by atoms with van der Waals surface area (Å²) in [6, 6.07) is 5.04. The van der Waals surface area contributed by atoms with Crippen LogP contribution in [0.25, 0.3) is 22.2 Å². The molecule has 1 unspecified atom stereocenters. The smallest absolute Gasteiger partial charge is 0.253 e. The first-order valence-electron chi connectivity index (χ1n) is 13.5. The van der Waals surface area contributed by atoms with Gasteiger partial charge in [0.1, 0.15) is 17.7 Å². The number of piperidine rings is 1. The summed E-state index contributed by atoms with van der Waals surface area (Å²) in [7, 11) is 0. The molecular formula is C29H30ClN9O2. The van der Waals surface area contributed by atoms with Crippen LogP contribution in [0.1, 0.15) is 40.7 Å². The molecule has 2 aromatic heterocycles. The van der Waals surface area contributed by atoms with Gasteiger partial charge in [0.05, 0.1) is 22.0 Å². The monoisotopic (exact) mass is 571 g/mol. The fourth-order valence-corrected chi connectivity index (χ4v) is 5.84. The first kappa shape index (κ1) is 26.6. The Morgan fingerprint density at radius 1 is 1.27 bits per heavy atom. The van der Waals surface area contributed by atoms with E-state index < -0.39 is 0 Å². The highest BCUT2D eigenvalue weighted by Gasteiger charge is 2.31. The number of nitrogens with one attached hydrogen (secondary N) is 3. The predicted molar refractivity (Wildman–Crippen MR) is 159 cm³/mol. The number of halogens is 1. The third-order valence-electron chi connectivity index (χ3n) is 7.63. The van der Waals surface area contributed by atoms with Crippen molar-refractivity contribution in [1.82, 2.24) is 35.7 Å². The van der Waals surface area contributed by atoms with Crippen molar-refractivity contribution >= 4 is 46.4 Å². The molecule has 1 saturated heterocycles. The summed E-state index contributed by atoms with van der Waals surface area (Å²) in [5, 5.41) is 16.3. The molecule has 0 aliphatic carbocycles. The lowest BCUT2D eigenvalue weighted by molar-refractivity contribution is -0.127. The van der Waals surface area contributed by atoms with E-state index in [-0.39, 0.29) is 29.9 Å². The molecule has 41 heavy (non-hydrogen) atoms. The lowest BCUT2D eigenvalue weighted by atomic mass is 9.97. The third kappa shape index (κ3) is 5.04.